The fraction of sp³-hybridized carbons (Fsp3) is 0.294. The second-order valence-electron chi connectivity index (χ2n) is 5.34. The fourth-order valence-corrected chi connectivity index (χ4v) is 4.22. The summed E-state index contributed by atoms with van der Waals surface area (Å²) in [5.74, 6) is 0.550. The van der Waals surface area contributed by atoms with E-state index in [0.29, 0.717) is 22.2 Å². The van der Waals surface area contributed by atoms with E-state index in [1.807, 2.05) is 31.2 Å². The van der Waals surface area contributed by atoms with Crippen molar-refractivity contribution in [2.45, 2.75) is 25.6 Å². The van der Waals surface area contributed by atoms with Crippen LogP contribution in [0.1, 0.15) is 31.0 Å². The Kier molecular flexibility index (Phi) is 6.52. The first-order valence-electron chi connectivity index (χ1n) is 7.47. The lowest BCUT2D eigenvalue weighted by Crippen LogP contribution is -2.28. The third-order valence-electron chi connectivity index (χ3n) is 3.41. The van der Waals surface area contributed by atoms with E-state index in [2.05, 4.69) is 4.72 Å². The van der Waals surface area contributed by atoms with Gasteiger partial charge in [0.1, 0.15) is 5.75 Å². The lowest BCUT2D eigenvalue weighted by molar-refractivity contribution is 0.340. The Morgan fingerprint density at radius 3 is 2.38 bits per heavy atom. The molecule has 0 heterocycles. The van der Waals surface area contributed by atoms with Crippen molar-refractivity contribution in [3.05, 3.63) is 63.6 Å². The Hall–Kier alpha value is -1.27. The number of halogens is 2. The molecule has 2 aromatic carbocycles. The summed E-state index contributed by atoms with van der Waals surface area (Å²) in [5, 5.41) is 0.804. The zero-order chi connectivity index (χ0) is 17.7. The molecule has 0 saturated carbocycles. The van der Waals surface area contributed by atoms with Gasteiger partial charge in [-0.05, 0) is 49.2 Å². The van der Waals surface area contributed by atoms with Gasteiger partial charge in [-0.1, -0.05) is 41.4 Å². The molecular weight excluding hydrogens is 369 g/mol. The van der Waals surface area contributed by atoms with Crippen LogP contribution < -0.4 is 9.46 Å². The summed E-state index contributed by atoms with van der Waals surface area (Å²) in [6.45, 7) is 4.28. The van der Waals surface area contributed by atoms with Crippen LogP contribution in [0.2, 0.25) is 10.0 Å². The first-order valence-corrected chi connectivity index (χ1v) is 9.88. The van der Waals surface area contributed by atoms with Crippen molar-refractivity contribution in [1.29, 1.82) is 0 Å². The van der Waals surface area contributed by atoms with Gasteiger partial charge in [0.15, 0.2) is 0 Å². The normalized spacial score (nSPS) is 12.8. The number of nitrogens with one attached hydrogen (secondary N) is 1. The van der Waals surface area contributed by atoms with Crippen LogP contribution in [-0.4, -0.2) is 15.0 Å². The zero-order valence-electron chi connectivity index (χ0n) is 13.4. The molecule has 0 bridgehead atoms. The van der Waals surface area contributed by atoms with Crippen molar-refractivity contribution in [2.75, 3.05) is 6.61 Å². The smallest absolute Gasteiger partial charge is 0.216 e. The Balaban J connectivity index is 2.07. The van der Waals surface area contributed by atoms with Crippen LogP contribution in [0, 0.1) is 0 Å². The molecule has 4 nitrogen and oxygen atoms in total. The largest absolute Gasteiger partial charge is 0.494 e. The molecule has 0 aliphatic heterocycles. The SMILES string of the molecule is CCOc1ccc([C@@H](C)NS(=O)(=O)Cc2ccc(Cl)cc2Cl)cc1. The van der Waals surface area contributed by atoms with Crippen LogP contribution >= 0.6 is 23.2 Å². The Morgan fingerprint density at radius 2 is 1.79 bits per heavy atom. The van der Waals surface area contributed by atoms with Gasteiger partial charge in [-0.3, -0.25) is 0 Å². The number of hydrogen-bond acceptors (Lipinski definition) is 3. The molecule has 0 amide bonds. The highest BCUT2D eigenvalue weighted by Gasteiger charge is 2.18. The number of benzene rings is 2. The van der Waals surface area contributed by atoms with E-state index < -0.39 is 10.0 Å². The van der Waals surface area contributed by atoms with Crippen molar-refractivity contribution in [3.63, 3.8) is 0 Å². The molecule has 0 saturated heterocycles. The van der Waals surface area contributed by atoms with Crippen LogP contribution in [-0.2, 0) is 15.8 Å². The predicted octanol–water partition coefficient (Wildman–Crippen LogP) is 4.57. The van der Waals surface area contributed by atoms with Crippen LogP contribution in [0.15, 0.2) is 42.5 Å². The van der Waals surface area contributed by atoms with Crippen LogP contribution in [0.4, 0.5) is 0 Å². The summed E-state index contributed by atoms with van der Waals surface area (Å²) in [7, 11) is -3.55. The minimum atomic E-state index is -3.55. The van der Waals surface area contributed by atoms with E-state index in [-0.39, 0.29) is 11.8 Å². The summed E-state index contributed by atoms with van der Waals surface area (Å²) >= 11 is 11.9. The molecule has 0 spiro atoms. The maximum atomic E-state index is 12.4. The molecule has 0 radical (unpaired) electrons. The second kappa shape index (κ2) is 8.21. The summed E-state index contributed by atoms with van der Waals surface area (Å²) in [4.78, 5) is 0. The topological polar surface area (TPSA) is 55.4 Å². The van der Waals surface area contributed by atoms with E-state index in [0.717, 1.165) is 11.3 Å². The average Bonchev–Trinajstić information content (AvgIpc) is 2.50. The fourth-order valence-electron chi connectivity index (χ4n) is 2.24. The lowest BCUT2D eigenvalue weighted by atomic mass is 10.1. The molecule has 7 heteroatoms. The quantitative estimate of drug-likeness (QED) is 0.756. The zero-order valence-corrected chi connectivity index (χ0v) is 15.8. The average molecular weight is 388 g/mol. The molecule has 1 atom stereocenters. The van der Waals surface area contributed by atoms with Crippen LogP contribution in [0.3, 0.4) is 0 Å². The van der Waals surface area contributed by atoms with Crippen LogP contribution in [0.5, 0.6) is 5.75 Å². The highest BCUT2D eigenvalue weighted by molar-refractivity contribution is 7.88. The lowest BCUT2D eigenvalue weighted by Gasteiger charge is -2.16. The third kappa shape index (κ3) is 5.38. The summed E-state index contributed by atoms with van der Waals surface area (Å²) < 4.78 is 32.8. The molecule has 0 aliphatic rings. The molecule has 2 rings (SSSR count). The third-order valence-corrected chi connectivity index (χ3v) is 5.40. The van der Waals surface area contributed by atoms with Crippen molar-refractivity contribution >= 4 is 33.2 Å². The summed E-state index contributed by atoms with van der Waals surface area (Å²) in [6, 6.07) is 11.7. The van der Waals surface area contributed by atoms with Crippen molar-refractivity contribution < 1.29 is 13.2 Å². The van der Waals surface area contributed by atoms with E-state index in [4.69, 9.17) is 27.9 Å². The van der Waals surface area contributed by atoms with Gasteiger partial charge in [-0.15, -0.1) is 0 Å². The van der Waals surface area contributed by atoms with Crippen LogP contribution in [0.25, 0.3) is 0 Å². The van der Waals surface area contributed by atoms with Gasteiger partial charge in [0, 0.05) is 16.1 Å². The van der Waals surface area contributed by atoms with Gasteiger partial charge in [-0.2, -0.15) is 0 Å². The Bertz CT molecular complexity index is 792. The van der Waals surface area contributed by atoms with Gasteiger partial charge in [0.05, 0.1) is 12.4 Å². The number of ether oxygens (including phenoxy) is 1. The van der Waals surface area contributed by atoms with Crippen molar-refractivity contribution in [2.24, 2.45) is 0 Å². The first kappa shape index (κ1) is 19.1. The monoisotopic (exact) mass is 387 g/mol. The maximum Gasteiger partial charge on any atom is 0.216 e. The minimum Gasteiger partial charge on any atom is -0.494 e. The Morgan fingerprint density at radius 1 is 1.12 bits per heavy atom. The summed E-state index contributed by atoms with van der Waals surface area (Å²) in [6.07, 6.45) is 0. The Labute approximate surface area is 152 Å². The molecule has 1 N–H and O–H groups in total. The van der Waals surface area contributed by atoms with E-state index in [1.54, 1.807) is 19.1 Å². The summed E-state index contributed by atoms with van der Waals surface area (Å²) in [5.41, 5.74) is 1.36. The van der Waals surface area contributed by atoms with Gasteiger partial charge >= 0.3 is 0 Å². The highest BCUT2D eigenvalue weighted by atomic mass is 35.5. The first-order chi connectivity index (χ1) is 11.3. The molecule has 0 unspecified atom stereocenters. The van der Waals surface area contributed by atoms with Gasteiger partial charge in [0.25, 0.3) is 0 Å². The molecule has 0 aliphatic carbocycles. The van der Waals surface area contributed by atoms with Crippen molar-refractivity contribution in [1.82, 2.24) is 4.72 Å². The number of sulfonamides is 1. The number of rotatable bonds is 7. The standard InChI is InChI=1S/C17H19Cl2NO3S/c1-3-23-16-8-5-13(6-9-16)12(2)20-24(21,22)11-14-4-7-15(18)10-17(14)19/h4-10,12,20H,3,11H2,1-2H3/t12-/m1/s1. The molecule has 130 valence electrons. The molecular formula is C17H19Cl2NO3S. The molecule has 2 aromatic rings. The second-order valence-corrected chi connectivity index (χ2v) is 7.93. The molecule has 0 fully saturated rings. The van der Waals surface area contributed by atoms with E-state index in [9.17, 15) is 8.42 Å². The highest BCUT2D eigenvalue weighted by Crippen LogP contribution is 2.24. The minimum absolute atomic E-state index is 0.204. The maximum absolute atomic E-state index is 12.4. The predicted molar refractivity (Wildman–Crippen MR) is 98.2 cm³/mol. The van der Waals surface area contributed by atoms with Gasteiger partial charge < -0.3 is 4.74 Å². The van der Waals surface area contributed by atoms with E-state index in [1.165, 1.54) is 6.07 Å². The number of hydrogen-bond donors (Lipinski definition) is 1. The van der Waals surface area contributed by atoms with E-state index >= 15 is 0 Å². The van der Waals surface area contributed by atoms with Gasteiger partial charge in [0.2, 0.25) is 10.0 Å². The van der Waals surface area contributed by atoms with Crippen molar-refractivity contribution in [3.8, 4) is 5.75 Å². The van der Waals surface area contributed by atoms with Gasteiger partial charge in [-0.25, -0.2) is 13.1 Å². The molecule has 24 heavy (non-hydrogen) atoms. The molecule has 0 aromatic heterocycles.